The van der Waals surface area contributed by atoms with Gasteiger partial charge in [-0.25, -0.2) is 4.79 Å². The van der Waals surface area contributed by atoms with Gasteiger partial charge in [-0.2, -0.15) is 0 Å². The summed E-state index contributed by atoms with van der Waals surface area (Å²) < 4.78 is 2.13. The van der Waals surface area contributed by atoms with Crippen LogP contribution in [-0.4, -0.2) is 28.9 Å². The van der Waals surface area contributed by atoms with Gasteiger partial charge in [0.1, 0.15) is 0 Å². The summed E-state index contributed by atoms with van der Waals surface area (Å²) in [5.41, 5.74) is 1.87. The van der Waals surface area contributed by atoms with Crippen LogP contribution < -0.4 is 10.6 Å². The highest BCUT2D eigenvalue weighted by Crippen LogP contribution is 2.20. The van der Waals surface area contributed by atoms with Crippen molar-refractivity contribution in [2.45, 2.75) is 19.9 Å². The molecule has 2 aromatic rings. The lowest BCUT2D eigenvalue weighted by molar-refractivity contribution is 0.249. The van der Waals surface area contributed by atoms with E-state index in [2.05, 4.69) is 28.2 Å². The monoisotopic (exact) mass is 261 g/mol. The van der Waals surface area contributed by atoms with E-state index in [1.165, 1.54) is 0 Å². The fourth-order valence-corrected chi connectivity index (χ4v) is 1.99. The fourth-order valence-electron chi connectivity index (χ4n) is 1.99. The summed E-state index contributed by atoms with van der Waals surface area (Å²) in [6.45, 7) is 3.53. The first kappa shape index (κ1) is 13.4. The van der Waals surface area contributed by atoms with Crippen LogP contribution in [0.15, 0.2) is 30.5 Å². The highest BCUT2D eigenvalue weighted by atomic mass is 16.3. The van der Waals surface area contributed by atoms with E-state index < -0.39 is 0 Å². The summed E-state index contributed by atoms with van der Waals surface area (Å²) in [7, 11) is 0. The van der Waals surface area contributed by atoms with Crippen molar-refractivity contribution in [1.82, 2.24) is 9.88 Å². The summed E-state index contributed by atoms with van der Waals surface area (Å²) in [5.74, 6) is 0. The van der Waals surface area contributed by atoms with Gasteiger partial charge in [-0.1, -0.05) is 6.07 Å². The lowest BCUT2D eigenvalue weighted by atomic mass is 10.2. The number of aryl methyl sites for hydroxylation is 1. The standard InChI is InChI=1S/C14H19N3O2/c1-2-17-8-6-11-4-5-12(10-13(11)17)16-14(19)15-7-3-9-18/h4-6,8,10,18H,2-3,7,9H2,1H3,(H2,15,16,19). The molecule has 0 aliphatic heterocycles. The van der Waals surface area contributed by atoms with Crippen molar-refractivity contribution in [3.05, 3.63) is 30.5 Å². The minimum atomic E-state index is -0.248. The van der Waals surface area contributed by atoms with Gasteiger partial charge in [0, 0.05) is 31.6 Å². The minimum absolute atomic E-state index is 0.0796. The van der Waals surface area contributed by atoms with Crippen LogP contribution in [-0.2, 0) is 6.54 Å². The van der Waals surface area contributed by atoms with Crippen molar-refractivity contribution >= 4 is 22.6 Å². The molecule has 0 aliphatic rings. The van der Waals surface area contributed by atoms with Crippen molar-refractivity contribution < 1.29 is 9.90 Å². The van der Waals surface area contributed by atoms with E-state index in [0.29, 0.717) is 13.0 Å². The van der Waals surface area contributed by atoms with Crippen LogP contribution in [0.2, 0.25) is 0 Å². The Labute approximate surface area is 112 Å². The number of aliphatic hydroxyl groups excluding tert-OH is 1. The summed E-state index contributed by atoms with van der Waals surface area (Å²) >= 11 is 0. The Balaban J connectivity index is 2.06. The summed E-state index contributed by atoms with van der Waals surface area (Å²) in [6, 6.07) is 7.65. The van der Waals surface area contributed by atoms with Crippen molar-refractivity contribution in [2.24, 2.45) is 0 Å². The number of amides is 2. The van der Waals surface area contributed by atoms with E-state index in [9.17, 15) is 4.79 Å². The lowest BCUT2D eigenvalue weighted by Gasteiger charge is -2.08. The second-order valence-electron chi connectivity index (χ2n) is 4.33. The number of fused-ring (bicyclic) bond motifs is 1. The van der Waals surface area contributed by atoms with Crippen LogP contribution in [0, 0.1) is 0 Å². The van der Waals surface area contributed by atoms with Crippen LogP contribution >= 0.6 is 0 Å². The van der Waals surface area contributed by atoms with Crippen LogP contribution in [0.3, 0.4) is 0 Å². The third-order valence-electron chi connectivity index (χ3n) is 2.99. The number of carbonyl (C=O) groups excluding carboxylic acids is 1. The maximum Gasteiger partial charge on any atom is 0.319 e. The molecule has 19 heavy (non-hydrogen) atoms. The zero-order valence-electron chi connectivity index (χ0n) is 11.0. The van der Waals surface area contributed by atoms with Crippen LogP contribution in [0.25, 0.3) is 10.9 Å². The van der Waals surface area contributed by atoms with Gasteiger partial charge in [0.25, 0.3) is 0 Å². The minimum Gasteiger partial charge on any atom is -0.396 e. The second-order valence-corrected chi connectivity index (χ2v) is 4.33. The molecule has 0 atom stereocenters. The molecule has 5 heteroatoms. The molecule has 3 N–H and O–H groups in total. The Bertz CT molecular complexity index is 563. The molecular weight excluding hydrogens is 242 g/mol. The Morgan fingerprint density at radius 3 is 2.95 bits per heavy atom. The molecule has 0 saturated heterocycles. The lowest BCUT2D eigenvalue weighted by Crippen LogP contribution is -2.29. The number of carbonyl (C=O) groups is 1. The van der Waals surface area contributed by atoms with E-state index in [-0.39, 0.29) is 12.6 Å². The van der Waals surface area contributed by atoms with Gasteiger partial charge in [0.15, 0.2) is 0 Å². The molecule has 5 nitrogen and oxygen atoms in total. The van der Waals surface area contributed by atoms with Gasteiger partial charge in [-0.15, -0.1) is 0 Å². The Morgan fingerprint density at radius 1 is 1.37 bits per heavy atom. The number of urea groups is 1. The van der Waals surface area contributed by atoms with E-state index >= 15 is 0 Å². The quantitative estimate of drug-likeness (QED) is 0.722. The molecule has 0 bridgehead atoms. The SMILES string of the molecule is CCn1ccc2ccc(NC(=O)NCCCO)cc21. The number of nitrogens with one attached hydrogen (secondary N) is 2. The average molecular weight is 261 g/mol. The van der Waals surface area contributed by atoms with Gasteiger partial charge < -0.3 is 20.3 Å². The molecule has 2 amide bonds. The topological polar surface area (TPSA) is 66.3 Å². The predicted molar refractivity (Wildman–Crippen MR) is 76.3 cm³/mol. The maximum atomic E-state index is 11.6. The molecule has 102 valence electrons. The van der Waals surface area contributed by atoms with Crippen LogP contribution in [0.4, 0.5) is 10.5 Å². The number of aliphatic hydroxyl groups is 1. The number of nitrogens with zero attached hydrogens (tertiary/aromatic N) is 1. The van der Waals surface area contributed by atoms with Gasteiger partial charge >= 0.3 is 6.03 Å². The molecular formula is C14H19N3O2. The van der Waals surface area contributed by atoms with Gasteiger partial charge in [0.2, 0.25) is 0 Å². The smallest absolute Gasteiger partial charge is 0.319 e. The molecule has 1 aromatic heterocycles. The molecule has 2 rings (SSSR count). The van der Waals surface area contributed by atoms with Crippen molar-refractivity contribution in [3.63, 3.8) is 0 Å². The van der Waals surface area contributed by atoms with E-state index in [1.54, 1.807) is 0 Å². The third-order valence-corrected chi connectivity index (χ3v) is 2.99. The van der Waals surface area contributed by atoms with Gasteiger partial charge in [-0.05, 0) is 36.9 Å². The molecule has 1 aromatic carbocycles. The number of hydrogen-bond donors (Lipinski definition) is 3. The molecule has 0 unspecified atom stereocenters. The average Bonchev–Trinajstić information content (AvgIpc) is 2.81. The first-order chi connectivity index (χ1) is 9.24. The van der Waals surface area contributed by atoms with E-state index in [0.717, 1.165) is 23.1 Å². The Morgan fingerprint density at radius 2 is 2.21 bits per heavy atom. The van der Waals surface area contributed by atoms with E-state index in [1.807, 2.05) is 24.4 Å². The zero-order chi connectivity index (χ0) is 13.7. The summed E-state index contributed by atoms with van der Waals surface area (Å²) in [5, 5.41) is 15.3. The number of anilines is 1. The number of aromatic nitrogens is 1. The third kappa shape index (κ3) is 3.26. The van der Waals surface area contributed by atoms with Crippen LogP contribution in [0.5, 0.6) is 0 Å². The molecule has 1 heterocycles. The molecule has 0 saturated carbocycles. The Hall–Kier alpha value is -2.01. The van der Waals surface area contributed by atoms with Crippen molar-refractivity contribution in [1.29, 1.82) is 0 Å². The Kier molecular flexibility index (Phi) is 4.41. The highest BCUT2D eigenvalue weighted by Gasteiger charge is 2.04. The normalized spacial score (nSPS) is 10.6. The summed E-state index contributed by atoms with van der Waals surface area (Å²) in [4.78, 5) is 11.6. The summed E-state index contributed by atoms with van der Waals surface area (Å²) in [6.07, 6.45) is 2.60. The van der Waals surface area contributed by atoms with Crippen molar-refractivity contribution in [2.75, 3.05) is 18.5 Å². The first-order valence-corrected chi connectivity index (χ1v) is 6.49. The second kappa shape index (κ2) is 6.24. The number of benzene rings is 1. The molecule has 0 fully saturated rings. The molecule has 0 radical (unpaired) electrons. The number of hydrogen-bond acceptors (Lipinski definition) is 2. The zero-order valence-corrected chi connectivity index (χ0v) is 11.0. The maximum absolute atomic E-state index is 11.6. The number of rotatable bonds is 5. The van der Waals surface area contributed by atoms with E-state index in [4.69, 9.17) is 5.11 Å². The molecule has 0 aliphatic carbocycles. The fraction of sp³-hybridized carbons (Fsp3) is 0.357. The first-order valence-electron chi connectivity index (χ1n) is 6.49. The van der Waals surface area contributed by atoms with Crippen molar-refractivity contribution in [3.8, 4) is 0 Å². The largest absolute Gasteiger partial charge is 0.396 e. The van der Waals surface area contributed by atoms with Gasteiger partial charge in [-0.3, -0.25) is 0 Å². The van der Waals surface area contributed by atoms with Gasteiger partial charge in [0.05, 0.1) is 5.52 Å². The highest BCUT2D eigenvalue weighted by molar-refractivity contribution is 5.92. The van der Waals surface area contributed by atoms with Crippen LogP contribution in [0.1, 0.15) is 13.3 Å². The predicted octanol–water partition coefficient (Wildman–Crippen LogP) is 2.17. The molecule has 0 spiro atoms.